The first-order valence-corrected chi connectivity index (χ1v) is 7.55. The molecular weight excluding hydrogens is 327 g/mol. The Morgan fingerprint density at radius 3 is 2.32 bits per heavy atom. The fourth-order valence-corrected chi connectivity index (χ4v) is 1.93. The van der Waals surface area contributed by atoms with Crippen molar-refractivity contribution in [1.29, 1.82) is 0 Å². The van der Waals surface area contributed by atoms with Crippen LogP contribution in [-0.4, -0.2) is 30.9 Å². The normalized spacial score (nSPS) is 9.96. The molecule has 2 aromatic carbocycles. The third-order valence-electron chi connectivity index (χ3n) is 3.23. The van der Waals surface area contributed by atoms with Crippen LogP contribution < -0.4 is 10.6 Å². The van der Waals surface area contributed by atoms with Crippen molar-refractivity contribution >= 4 is 17.8 Å². The van der Waals surface area contributed by atoms with E-state index in [0.717, 1.165) is 0 Å². The summed E-state index contributed by atoms with van der Waals surface area (Å²) in [4.78, 5) is 34.9. The van der Waals surface area contributed by atoms with Gasteiger partial charge in [0.05, 0.1) is 0 Å². The topological polar surface area (TPSA) is 84.5 Å². The van der Waals surface area contributed by atoms with Crippen molar-refractivity contribution in [2.75, 3.05) is 13.2 Å². The molecule has 130 valence electrons. The van der Waals surface area contributed by atoms with Crippen molar-refractivity contribution in [2.45, 2.75) is 6.54 Å². The van der Waals surface area contributed by atoms with Crippen LogP contribution in [0, 0.1) is 5.82 Å². The lowest BCUT2D eigenvalue weighted by Gasteiger charge is -2.08. The molecule has 0 saturated heterocycles. The van der Waals surface area contributed by atoms with E-state index in [1.54, 1.807) is 48.5 Å². The van der Waals surface area contributed by atoms with E-state index in [1.165, 1.54) is 6.07 Å². The Morgan fingerprint density at radius 2 is 1.60 bits per heavy atom. The smallest absolute Gasteiger partial charge is 0.325 e. The van der Waals surface area contributed by atoms with Crippen molar-refractivity contribution in [1.82, 2.24) is 10.6 Å². The predicted molar refractivity (Wildman–Crippen MR) is 88.0 cm³/mol. The summed E-state index contributed by atoms with van der Waals surface area (Å²) in [7, 11) is 0. The van der Waals surface area contributed by atoms with Gasteiger partial charge in [0.15, 0.2) is 6.61 Å². The second-order valence-electron chi connectivity index (χ2n) is 5.08. The Balaban J connectivity index is 1.66. The van der Waals surface area contributed by atoms with Crippen LogP contribution in [0.25, 0.3) is 0 Å². The Morgan fingerprint density at radius 1 is 0.920 bits per heavy atom. The molecule has 6 nitrogen and oxygen atoms in total. The van der Waals surface area contributed by atoms with Gasteiger partial charge in [-0.1, -0.05) is 36.4 Å². The van der Waals surface area contributed by atoms with Gasteiger partial charge in [-0.05, 0) is 18.2 Å². The SMILES string of the molecule is O=C(COC(=O)CNC(=O)c1ccccc1)NCc1ccccc1F. The molecule has 0 radical (unpaired) electrons. The van der Waals surface area contributed by atoms with Gasteiger partial charge in [0, 0.05) is 17.7 Å². The molecule has 0 aliphatic heterocycles. The van der Waals surface area contributed by atoms with Gasteiger partial charge in [0.25, 0.3) is 11.8 Å². The van der Waals surface area contributed by atoms with Crippen LogP contribution >= 0.6 is 0 Å². The summed E-state index contributed by atoms with van der Waals surface area (Å²) in [6, 6.07) is 14.4. The van der Waals surface area contributed by atoms with Crippen LogP contribution in [0.4, 0.5) is 4.39 Å². The van der Waals surface area contributed by atoms with E-state index < -0.39 is 30.2 Å². The van der Waals surface area contributed by atoms with Crippen molar-refractivity contribution in [3.05, 3.63) is 71.5 Å². The standard InChI is InChI=1S/C18H17FN2O4/c19-15-9-5-4-8-14(15)10-20-16(22)12-25-17(23)11-21-18(24)13-6-2-1-3-7-13/h1-9H,10-12H2,(H,20,22)(H,21,24). The molecule has 2 N–H and O–H groups in total. The van der Waals surface area contributed by atoms with Crippen LogP contribution in [0.15, 0.2) is 54.6 Å². The molecule has 0 unspecified atom stereocenters. The van der Waals surface area contributed by atoms with Crippen LogP contribution in [0.2, 0.25) is 0 Å². The molecule has 0 aliphatic carbocycles. The average molecular weight is 344 g/mol. The Bertz CT molecular complexity index is 750. The molecule has 0 fully saturated rings. The monoisotopic (exact) mass is 344 g/mol. The minimum absolute atomic E-state index is 0.00615. The molecule has 2 amide bonds. The van der Waals surface area contributed by atoms with Crippen LogP contribution in [0.5, 0.6) is 0 Å². The molecule has 0 spiro atoms. The summed E-state index contributed by atoms with van der Waals surface area (Å²) in [6.45, 7) is -0.864. The second-order valence-corrected chi connectivity index (χ2v) is 5.08. The minimum atomic E-state index is -0.745. The van der Waals surface area contributed by atoms with E-state index in [4.69, 9.17) is 4.74 Å². The van der Waals surface area contributed by atoms with Gasteiger partial charge in [0.2, 0.25) is 0 Å². The minimum Gasteiger partial charge on any atom is -0.454 e. The van der Waals surface area contributed by atoms with Gasteiger partial charge in [-0.2, -0.15) is 0 Å². The zero-order valence-electron chi connectivity index (χ0n) is 13.3. The van der Waals surface area contributed by atoms with Gasteiger partial charge in [0.1, 0.15) is 12.4 Å². The van der Waals surface area contributed by atoms with Crippen molar-refractivity contribution in [3.63, 3.8) is 0 Å². The van der Waals surface area contributed by atoms with Crippen LogP contribution in [0.1, 0.15) is 15.9 Å². The molecule has 0 saturated carbocycles. The number of carbonyl (C=O) groups is 3. The number of carbonyl (C=O) groups excluding carboxylic acids is 3. The largest absolute Gasteiger partial charge is 0.454 e. The summed E-state index contributed by atoms with van der Waals surface area (Å²) < 4.78 is 18.1. The van der Waals surface area contributed by atoms with Gasteiger partial charge >= 0.3 is 5.97 Å². The number of hydrogen-bond donors (Lipinski definition) is 2. The van der Waals surface area contributed by atoms with E-state index in [9.17, 15) is 18.8 Å². The van der Waals surface area contributed by atoms with E-state index in [0.29, 0.717) is 11.1 Å². The number of benzene rings is 2. The predicted octanol–water partition coefficient (Wildman–Crippen LogP) is 1.42. The molecule has 2 rings (SSSR count). The summed E-state index contributed by atoms with van der Waals surface area (Å²) >= 11 is 0. The highest BCUT2D eigenvalue weighted by Gasteiger charge is 2.11. The first-order chi connectivity index (χ1) is 12.1. The zero-order valence-corrected chi connectivity index (χ0v) is 13.3. The lowest BCUT2D eigenvalue weighted by Crippen LogP contribution is -2.33. The molecule has 0 aromatic heterocycles. The van der Waals surface area contributed by atoms with Crippen molar-refractivity contribution < 1.29 is 23.5 Å². The van der Waals surface area contributed by atoms with Crippen molar-refractivity contribution in [2.24, 2.45) is 0 Å². The first kappa shape index (κ1) is 18.1. The molecule has 0 aliphatic rings. The molecule has 25 heavy (non-hydrogen) atoms. The highest BCUT2D eigenvalue weighted by atomic mass is 19.1. The highest BCUT2D eigenvalue weighted by Crippen LogP contribution is 2.05. The molecule has 0 heterocycles. The Labute approximate surface area is 144 Å². The average Bonchev–Trinajstić information content (AvgIpc) is 2.64. The third-order valence-corrected chi connectivity index (χ3v) is 3.23. The fraction of sp³-hybridized carbons (Fsp3) is 0.167. The number of nitrogens with one attached hydrogen (secondary N) is 2. The Kier molecular flexibility index (Phi) is 6.65. The quantitative estimate of drug-likeness (QED) is 0.744. The number of halogens is 1. The van der Waals surface area contributed by atoms with Gasteiger partial charge in [-0.3, -0.25) is 14.4 Å². The maximum atomic E-state index is 13.4. The van der Waals surface area contributed by atoms with E-state index in [-0.39, 0.29) is 13.1 Å². The highest BCUT2D eigenvalue weighted by molar-refractivity contribution is 5.96. The summed E-state index contributed by atoms with van der Waals surface area (Å²) in [5.74, 6) is -2.15. The van der Waals surface area contributed by atoms with Gasteiger partial charge in [-0.15, -0.1) is 0 Å². The van der Waals surface area contributed by atoms with Crippen LogP contribution in [0.3, 0.4) is 0 Å². The Hall–Kier alpha value is -3.22. The second kappa shape index (κ2) is 9.17. The number of esters is 1. The summed E-state index contributed by atoms with van der Waals surface area (Å²) in [6.07, 6.45) is 0. The number of ether oxygens (including phenoxy) is 1. The fourth-order valence-electron chi connectivity index (χ4n) is 1.93. The van der Waals surface area contributed by atoms with E-state index >= 15 is 0 Å². The number of rotatable bonds is 7. The molecule has 2 aromatic rings. The molecule has 0 bridgehead atoms. The maximum Gasteiger partial charge on any atom is 0.325 e. The van der Waals surface area contributed by atoms with E-state index in [2.05, 4.69) is 10.6 Å². The number of hydrogen-bond acceptors (Lipinski definition) is 4. The first-order valence-electron chi connectivity index (χ1n) is 7.55. The van der Waals surface area contributed by atoms with Gasteiger partial charge in [-0.25, -0.2) is 4.39 Å². The molecular formula is C18H17FN2O4. The summed E-state index contributed by atoms with van der Waals surface area (Å²) in [5.41, 5.74) is 0.746. The lowest BCUT2D eigenvalue weighted by molar-refractivity contribution is -0.147. The summed E-state index contributed by atoms with van der Waals surface area (Å²) in [5, 5.41) is 4.84. The van der Waals surface area contributed by atoms with E-state index in [1.807, 2.05) is 0 Å². The molecule has 0 atom stereocenters. The van der Waals surface area contributed by atoms with Crippen LogP contribution in [-0.2, 0) is 20.9 Å². The maximum absolute atomic E-state index is 13.4. The van der Waals surface area contributed by atoms with Crippen molar-refractivity contribution in [3.8, 4) is 0 Å². The zero-order chi connectivity index (χ0) is 18.1. The lowest BCUT2D eigenvalue weighted by atomic mass is 10.2. The number of amides is 2. The van der Waals surface area contributed by atoms with Gasteiger partial charge < -0.3 is 15.4 Å². The third kappa shape index (κ3) is 6.06. The molecule has 7 heteroatoms.